The van der Waals surface area contributed by atoms with E-state index < -0.39 is 11.6 Å². The second kappa shape index (κ2) is 5.05. The molecule has 3 rings (SSSR count). The Morgan fingerprint density at radius 3 is 2.95 bits per heavy atom. The molecule has 1 fully saturated rings. The number of nitrogens with zero attached hydrogens (tertiary/aromatic N) is 2. The molecule has 1 atom stereocenters. The SMILES string of the molecule is Fc1ccc(-c2noc(C3CCCNC3)n2)c(F)c1. The van der Waals surface area contributed by atoms with Crippen LogP contribution in [-0.2, 0) is 0 Å². The van der Waals surface area contributed by atoms with Gasteiger partial charge in [0.25, 0.3) is 0 Å². The van der Waals surface area contributed by atoms with Crippen molar-refractivity contribution >= 4 is 0 Å². The number of aromatic nitrogens is 2. The van der Waals surface area contributed by atoms with Crippen molar-refractivity contribution in [2.75, 3.05) is 13.1 Å². The summed E-state index contributed by atoms with van der Waals surface area (Å²) in [6.45, 7) is 1.78. The predicted molar refractivity (Wildman–Crippen MR) is 64.5 cm³/mol. The van der Waals surface area contributed by atoms with E-state index in [4.69, 9.17) is 4.52 Å². The molecular formula is C13H13F2N3O. The van der Waals surface area contributed by atoms with Crippen LogP contribution in [0.15, 0.2) is 22.7 Å². The predicted octanol–water partition coefficient (Wildman–Crippen LogP) is 2.48. The third-order valence-corrected chi connectivity index (χ3v) is 3.26. The smallest absolute Gasteiger partial charge is 0.231 e. The Morgan fingerprint density at radius 1 is 1.32 bits per heavy atom. The van der Waals surface area contributed by atoms with E-state index in [0.29, 0.717) is 5.89 Å². The molecule has 100 valence electrons. The second-order valence-corrected chi connectivity index (χ2v) is 4.62. The lowest BCUT2D eigenvalue weighted by Crippen LogP contribution is -2.28. The van der Waals surface area contributed by atoms with Crippen molar-refractivity contribution in [2.24, 2.45) is 0 Å². The minimum absolute atomic E-state index is 0.153. The lowest BCUT2D eigenvalue weighted by Gasteiger charge is -2.18. The van der Waals surface area contributed by atoms with E-state index >= 15 is 0 Å². The van der Waals surface area contributed by atoms with Crippen molar-refractivity contribution in [1.29, 1.82) is 0 Å². The average molecular weight is 265 g/mol. The zero-order chi connectivity index (χ0) is 13.2. The molecule has 6 heteroatoms. The molecule has 1 aromatic carbocycles. The molecule has 0 saturated carbocycles. The van der Waals surface area contributed by atoms with Crippen LogP contribution in [0.4, 0.5) is 8.78 Å². The number of hydrogen-bond acceptors (Lipinski definition) is 4. The summed E-state index contributed by atoms with van der Waals surface area (Å²) >= 11 is 0. The molecule has 0 radical (unpaired) electrons. The molecule has 1 aliphatic rings. The van der Waals surface area contributed by atoms with Gasteiger partial charge < -0.3 is 9.84 Å². The minimum Gasteiger partial charge on any atom is -0.339 e. The van der Waals surface area contributed by atoms with Gasteiger partial charge in [0, 0.05) is 12.6 Å². The highest BCUT2D eigenvalue weighted by Crippen LogP contribution is 2.25. The Morgan fingerprint density at radius 2 is 2.21 bits per heavy atom. The van der Waals surface area contributed by atoms with Gasteiger partial charge in [-0.05, 0) is 31.5 Å². The maximum atomic E-state index is 13.6. The fraction of sp³-hybridized carbons (Fsp3) is 0.385. The molecule has 1 aromatic heterocycles. The van der Waals surface area contributed by atoms with Gasteiger partial charge in [-0.3, -0.25) is 0 Å². The maximum absolute atomic E-state index is 13.6. The fourth-order valence-corrected chi connectivity index (χ4v) is 2.24. The summed E-state index contributed by atoms with van der Waals surface area (Å²) in [6.07, 6.45) is 2.02. The average Bonchev–Trinajstić information content (AvgIpc) is 2.89. The Bertz CT molecular complexity index is 579. The first-order chi connectivity index (χ1) is 9.24. The maximum Gasteiger partial charge on any atom is 0.231 e. The van der Waals surface area contributed by atoms with Crippen molar-refractivity contribution in [2.45, 2.75) is 18.8 Å². The van der Waals surface area contributed by atoms with Gasteiger partial charge in [0.15, 0.2) is 0 Å². The van der Waals surface area contributed by atoms with Gasteiger partial charge in [0.05, 0.1) is 11.5 Å². The van der Waals surface area contributed by atoms with Crippen molar-refractivity contribution in [1.82, 2.24) is 15.5 Å². The van der Waals surface area contributed by atoms with E-state index in [2.05, 4.69) is 15.5 Å². The summed E-state index contributed by atoms with van der Waals surface area (Å²) < 4.78 is 31.6. The van der Waals surface area contributed by atoms with Crippen molar-refractivity contribution in [3.8, 4) is 11.4 Å². The molecule has 0 spiro atoms. The highest BCUT2D eigenvalue weighted by atomic mass is 19.1. The number of hydrogen-bond donors (Lipinski definition) is 1. The monoisotopic (exact) mass is 265 g/mol. The van der Waals surface area contributed by atoms with Crippen LogP contribution in [0.25, 0.3) is 11.4 Å². The van der Waals surface area contributed by atoms with Gasteiger partial charge >= 0.3 is 0 Å². The van der Waals surface area contributed by atoms with Gasteiger partial charge in [-0.1, -0.05) is 5.16 Å². The molecule has 0 amide bonds. The van der Waals surface area contributed by atoms with Crippen molar-refractivity contribution in [3.63, 3.8) is 0 Å². The van der Waals surface area contributed by atoms with Crippen LogP contribution in [0.1, 0.15) is 24.7 Å². The van der Waals surface area contributed by atoms with E-state index in [1.807, 2.05) is 0 Å². The van der Waals surface area contributed by atoms with Crippen molar-refractivity contribution < 1.29 is 13.3 Å². The zero-order valence-corrected chi connectivity index (χ0v) is 10.2. The van der Waals surface area contributed by atoms with Crippen molar-refractivity contribution in [3.05, 3.63) is 35.7 Å². The van der Waals surface area contributed by atoms with Gasteiger partial charge in [-0.15, -0.1) is 0 Å². The molecule has 19 heavy (non-hydrogen) atoms. The molecule has 1 saturated heterocycles. The van der Waals surface area contributed by atoms with E-state index in [1.54, 1.807) is 0 Å². The molecule has 0 bridgehead atoms. The zero-order valence-electron chi connectivity index (χ0n) is 10.2. The Labute approximate surface area is 108 Å². The molecule has 0 aliphatic carbocycles. The van der Waals surface area contributed by atoms with E-state index in [0.717, 1.165) is 32.0 Å². The summed E-state index contributed by atoms with van der Waals surface area (Å²) in [5, 5.41) is 7.03. The lowest BCUT2D eigenvalue weighted by atomic mass is 10.00. The third-order valence-electron chi connectivity index (χ3n) is 3.26. The molecule has 1 N–H and O–H groups in total. The van der Waals surface area contributed by atoms with Crippen LogP contribution >= 0.6 is 0 Å². The van der Waals surface area contributed by atoms with Crippen LogP contribution in [0.3, 0.4) is 0 Å². The first kappa shape index (κ1) is 12.2. The Kier molecular flexibility index (Phi) is 3.25. The van der Waals surface area contributed by atoms with Gasteiger partial charge in [0.2, 0.25) is 11.7 Å². The third kappa shape index (κ3) is 2.49. The molecule has 1 aliphatic heterocycles. The highest BCUT2D eigenvalue weighted by Gasteiger charge is 2.22. The summed E-state index contributed by atoms with van der Waals surface area (Å²) in [5.74, 6) is -0.474. The van der Waals surface area contributed by atoms with Crippen LogP contribution in [0.5, 0.6) is 0 Å². The lowest BCUT2D eigenvalue weighted by molar-refractivity contribution is 0.322. The number of nitrogens with one attached hydrogen (secondary N) is 1. The molecular weight excluding hydrogens is 252 g/mol. The highest BCUT2D eigenvalue weighted by molar-refractivity contribution is 5.55. The fourth-order valence-electron chi connectivity index (χ4n) is 2.24. The topological polar surface area (TPSA) is 51.0 Å². The van der Waals surface area contributed by atoms with Crippen LogP contribution in [-0.4, -0.2) is 23.2 Å². The molecule has 2 aromatic rings. The number of piperidine rings is 1. The van der Waals surface area contributed by atoms with Crippen LogP contribution < -0.4 is 5.32 Å². The standard InChI is InChI=1S/C13H13F2N3O/c14-9-3-4-10(11(15)6-9)12-17-13(19-18-12)8-2-1-5-16-7-8/h3-4,6,8,16H,1-2,5,7H2. The first-order valence-corrected chi connectivity index (χ1v) is 6.24. The van der Waals surface area contributed by atoms with Crippen LogP contribution in [0.2, 0.25) is 0 Å². The summed E-state index contributed by atoms with van der Waals surface area (Å²) in [6, 6.07) is 3.31. The molecule has 1 unspecified atom stereocenters. The Balaban J connectivity index is 1.87. The van der Waals surface area contributed by atoms with Gasteiger partial charge in [-0.25, -0.2) is 8.78 Å². The number of benzene rings is 1. The second-order valence-electron chi connectivity index (χ2n) is 4.62. The van der Waals surface area contributed by atoms with Gasteiger partial charge in [0.1, 0.15) is 11.6 Å². The largest absolute Gasteiger partial charge is 0.339 e. The molecule has 4 nitrogen and oxygen atoms in total. The normalized spacial score (nSPS) is 19.6. The van der Waals surface area contributed by atoms with Gasteiger partial charge in [-0.2, -0.15) is 4.98 Å². The summed E-state index contributed by atoms with van der Waals surface area (Å²) in [4.78, 5) is 4.21. The minimum atomic E-state index is -0.686. The van der Waals surface area contributed by atoms with E-state index in [9.17, 15) is 8.78 Å². The quantitative estimate of drug-likeness (QED) is 0.906. The summed E-state index contributed by atoms with van der Waals surface area (Å²) in [5.41, 5.74) is 0.153. The van der Waals surface area contributed by atoms with E-state index in [-0.39, 0.29) is 17.3 Å². The van der Waals surface area contributed by atoms with Crippen LogP contribution in [0, 0.1) is 11.6 Å². The Hall–Kier alpha value is -1.82. The van der Waals surface area contributed by atoms with E-state index in [1.165, 1.54) is 12.1 Å². The number of rotatable bonds is 2. The number of halogens is 2. The first-order valence-electron chi connectivity index (χ1n) is 6.24. The summed E-state index contributed by atoms with van der Waals surface area (Å²) in [7, 11) is 0. The molecule has 2 heterocycles.